The highest BCUT2D eigenvalue weighted by molar-refractivity contribution is 5.85. The molecule has 2 aliphatic heterocycles. The van der Waals surface area contributed by atoms with Crippen molar-refractivity contribution >= 4 is 5.91 Å². The number of fused-ring (bicyclic) bond motifs is 2. The largest absolute Gasteiger partial charge is 0.379 e. The third-order valence-electron chi connectivity index (χ3n) is 5.46. The van der Waals surface area contributed by atoms with Crippen LogP contribution in [0.5, 0.6) is 0 Å². The summed E-state index contributed by atoms with van der Waals surface area (Å²) in [5, 5.41) is 0. The van der Waals surface area contributed by atoms with E-state index in [1.165, 1.54) is 25.7 Å². The first kappa shape index (κ1) is 14.3. The first-order valence-electron chi connectivity index (χ1n) is 8.19. The van der Waals surface area contributed by atoms with Gasteiger partial charge in [-0.15, -0.1) is 0 Å². The Bertz CT molecular complexity index is 351. The molecular weight excluding hydrogens is 252 g/mol. The predicted octanol–water partition coefficient (Wildman–Crippen LogP) is 1.75. The van der Waals surface area contributed by atoms with Gasteiger partial charge in [0.1, 0.15) is 0 Å². The Morgan fingerprint density at radius 2 is 1.70 bits per heavy atom. The van der Waals surface area contributed by atoms with Gasteiger partial charge in [-0.25, -0.2) is 0 Å². The first-order valence-corrected chi connectivity index (χ1v) is 8.19. The van der Waals surface area contributed by atoms with Crippen LogP contribution in [0.25, 0.3) is 0 Å². The van der Waals surface area contributed by atoms with E-state index in [2.05, 4.69) is 23.6 Å². The third-order valence-corrected chi connectivity index (χ3v) is 5.46. The van der Waals surface area contributed by atoms with Crippen LogP contribution in [0.4, 0.5) is 0 Å². The average Bonchev–Trinajstić information content (AvgIpc) is 2.47. The topological polar surface area (TPSA) is 32.8 Å². The van der Waals surface area contributed by atoms with Crippen molar-refractivity contribution in [1.82, 2.24) is 9.80 Å². The van der Waals surface area contributed by atoms with Crippen molar-refractivity contribution in [3.8, 4) is 0 Å². The normalized spacial score (nSPS) is 32.2. The molecule has 3 aliphatic rings. The summed E-state index contributed by atoms with van der Waals surface area (Å²) in [5.41, 5.74) is -0.380. The number of carbonyl (C=O) groups is 1. The average molecular weight is 280 g/mol. The van der Waals surface area contributed by atoms with Gasteiger partial charge in [0.25, 0.3) is 0 Å². The second-order valence-electron chi connectivity index (χ2n) is 7.27. The van der Waals surface area contributed by atoms with Gasteiger partial charge in [0.15, 0.2) is 0 Å². The minimum absolute atomic E-state index is 0.330. The molecule has 0 aromatic carbocycles. The number of likely N-dealkylation sites (tertiary alicyclic amines) is 1. The lowest BCUT2D eigenvalue weighted by Gasteiger charge is -2.47. The number of hydrogen-bond acceptors (Lipinski definition) is 3. The summed E-state index contributed by atoms with van der Waals surface area (Å²) < 4.78 is 5.41. The van der Waals surface area contributed by atoms with Crippen LogP contribution in [0.15, 0.2) is 0 Å². The molecule has 2 bridgehead atoms. The first-order chi connectivity index (χ1) is 9.57. The summed E-state index contributed by atoms with van der Waals surface area (Å²) in [6.45, 7) is 9.41. The summed E-state index contributed by atoms with van der Waals surface area (Å²) in [6.07, 6.45) is 5.35. The van der Waals surface area contributed by atoms with Gasteiger partial charge >= 0.3 is 0 Å². The van der Waals surface area contributed by atoms with Crippen molar-refractivity contribution in [3.63, 3.8) is 0 Å². The van der Waals surface area contributed by atoms with E-state index in [0.29, 0.717) is 5.91 Å². The molecule has 0 radical (unpaired) electrons. The lowest BCUT2D eigenvalue weighted by Crippen LogP contribution is -2.61. The van der Waals surface area contributed by atoms with Crippen LogP contribution in [-0.2, 0) is 9.53 Å². The van der Waals surface area contributed by atoms with Crippen molar-refractivity contribution in [2.45, 2.75) is 45.1 Å². The molecule has 20 heavy (non-hydrogen) atoms. The Morgan fingerprint density at radius 1 is 1.10 bits per heavy atom. The Morgan fingerprint density at radius 3 is 2.30 bits per heavy atom. The molecule has 0 aromatic heterocycles. The van der Waals surface area contributed by atoms with E-state index in [9.17, 15) is 4.79 Å². The van der Waals surface area contributed by atoms with E-state index in [0.717, 1.165) is 51.2 Å². The van der Waals surface area contributed by atoms with E-state index >= 15 is 0 Å². The fourth-order valence-corrected chi connectivity index (χ4v) is 4.24. The minimum Gasteiger partial charge on any atom is -0.379 e. The molecule has 3 rings (SSSR count). The molecule has 2 atom stereocenters. The van der Waals surface area contributed by atoms with E-state index in [1.807, 2.05) is 0 Å². The van der Waals surface area contributed by atoms with Gasteiger partial charge in [-0.3, -0.25) is 9.69 Å². The maximum absolute atomic E-state index is 13.0. The van der Waals surface area contributed by atoms with Gasteiger partial charge in [0.05, 0.1) is 18.8 Å². The number of nitrogens with zero attached hydrogens (tertiary/aromatic N) is 2. The maximum atomic E-state index is 13.0. The van der Waals surface area contributed by atoms with E-state index in [4.69, 9.17) is 4.74 Å². The fourth-order valence-electron chi connectivity index (χ4n) is 4.24. The van der Waals surface area contributed by atoms with Crippen LogP contribution in [0, 0.1) is 11.8 Å². The van der Waals surface area contributed by atoms with Crippen molar-refractivity contribution in [3.05, 3.63) is 0 Å². The molecule has 1 aliphatic carbocycles. The number of rotatable bonds is 2. The molecule has 2 unspecified atom stereocenters. The summed E-state index contributed by atoms with van der Waals surface area (Å²) in [4.78, 5) is 17.4. The second-order valence-corrected chi connectivity index (χ2v) is 7.27. The molecular formula is C16H28N2O2. The fraction of sp³-hybridized carbons (Fsp3) is 0.938. The van der Waals surface area contributed by atoms with E-state index in [1.54, 1.807) is 0 Å². The number of amides is 1. The molecule has 3 fully saturated rings. The zero-order chi connectivity index (χ0) is 14.2. The second kappa shape index (κ2) is 5.64. The zero-order valence-corrected chi connectivity index (χ0v) is 12.9. The number of morpholine rings is 1. The Labute approximate surface area is 122 Å². The molecule has 1 saturated carbocycles. The Hall–Kier alpha value is -0.610. The number of hydrogen-bond donors (Lipinski definition) is 0. The number of ether oxygens (including phenoxy) is 1. The quantitative estimate of drug-likeness (QED) is 0.772. The molecule has 2 saturated heterocycles. The Balaban J connectivity index is 1.67. The molecule has 0 N–H and O–H groups in total. The monoisotopic (exact) mass is 280 g/mol. The van der Waals surface area contributed by atoms with Gasteiger partial charge in [-0.1, -0.05) is 6.42 Å². The Kier molecular flexibility index (Phi) is 4.04. The molecule has 2 heterocycles. The van der Waals surface area contributed by atoms with Gasteiger partial charge < -0.3 is 9.64 Å². The van der Waals surface area contributed by atoms with Gasteiger partial charge in [0.2, 0.25) is 5.91 Å². The van der Waals surface area contributed by atoms with Crippen LogP contribution in [0.3, 0.4) is 0 Å². The smallest absolute Gasteiger partial charge is 0.242 e. The lowest BCUT2D eigenvalue weighted by atomic mass is 9.77. The highest BCUT2D eigenvalue weighted by atomic mass is 16.5. The molecule has 1 amide bonds. The molecule has 4 heteroatoms. The molecule has 114 valence electrons. The minimum atomic E-state index is -0.380. The van der Waals surface area contributed by atoms with Crippen molar-refractivity contribution in [1.29, 1.82) is 0 Å². The third kappa shape index (κ3) is 2.73. The van der Waals surface area contributed by atoms with E-state index < -0.39 is 0 Å². The SMILES string of the molecule is CC(C)(C(=O)N1CC2CCCC(C2)C1)N1CCOCC1. The van der Waals surface area contributed by atoms with E-state index in [-0.39, 0.29) is 5.54 Å². The summed E-state index contributed by atoms with van der Waals surface area (Å²) in [5.74, 6) is 1.84. The molecule has 0 spiro atoms. The molecule has 0 aromatic rings. The maximum Gasteiger partial charge on any atom is 0.242 e. The van der Waals surface area contributed by atoms with Crippen LogP contribution < -0.4 is 0 Å². The highest BCUT2D eigenvalue weighted by Gasteiger charge is 2.41. The highest BCUT2D eigenvalue weighted by Crippen LogP contribution is 2.35. The lowest BCUT2D eigenvalue weighted by molar-refractivity contribution is -0.149. The molecule has 4 nitrogen and oxygen atoms in total. The summed E-state index contributed by atoms with van der Waals surface area (Å²) >= 11 is 0. The van der Waals surface area contributed by atoms with Crippen LogP contribution in [0.2, 0.25) is 0 Å². The van der Waals surface area contributed by atoms with Crippen LogP contribution in [0.1, 0.15) is 39.5 Å². The summed E-state index contributed by atoms with van der Waals surface area (Å²) in [7, 11) is 0. The summed E-state index contributed by atoms with van der Waals surface area (Å²) in [6, 6.07) is 0. The van der Waals surface area contributed by atoms with Crippen LogP contribution in [-0.4, -0.2) is 60.6 Å². The van der Waals surface area contributed by atoms with Gasteiger partial charge in [0, 0.05) is 26.2 Å². The van der Waals surface area contributed by atoms with Crippen molar-refractivity contribution in [2.24, 2.45) is 11.8 Å². The predicted molar refractivity (Wildman–Crippen MR) is 78.5 cm³/mol. The van der Waals surface area contributed by atoms with Gasteiger partial charge in [-0.2, -0.15) is 0 Å². The van der Waals surface area contributed by atoms with Crippen molar-refractivity contribution in [2.75, 3.05) is 39.4 Å². The van der Waals surface area contributed by atoms with Gasteiger partial charge in [-0.05, 0) is 44.9 Å². The number of carbonyl (C=O) groups excluding carboxylic acids is 1. The number of piperidine rings is 1. The van der Waals surface area contributed by atoms with Crippen molar-refractivity contribution < 1.29 is 9.53 Å². The van der Waals surface area contributed by atoms with Crippen LogP contribution >= 0.6 is 0 Å². The zero-order valence-electron chi connectivity index (χ0n) is 12.9. The standard InChI is InChI=1S/C16H28N2O2/c1-16(2,18-6-8-20-9-7-18)15(19)17-11-13-4-3-5-14(10-13)12-17/h13-14H,3-12H2,1-2H3.